The minimum absolute atomic E-state index is 0.0111. The van der Waals surface area contributed by atoms with Crippen LogP contribution >= 0.6 is 39.1 Å². The lowest BCUT2D eigenvalue weighted by Gasteiger charge is -2.18. The van der Waals surface area contributed by atoms with Crippen LogP contribution in [0.1, 0.15) is 15.9 Å². The number of carbonyl (C=O) groups is 1. The van der Waals surface area contributed by atoms with E-state index in [0.29, 0.717) is 10.0 Å². The number of nitrogens with zero attached hydrogens (tertiary/aromatic N) is 1. The Labute approximate surface area is 140 Å². The molecule has 0 unspecified atom stereocenters. The molecule has 0 aromatic heterocycles. The van der Waals surface area contributed by atoms with Crippen molar-refractivity contribution in [2.45, 2.75) is 6.54 Å². The molecule has 0 radical (unpaired) electrons. The molecule has 110 valence electrons. The molecule has 1 amide bonds. The smallest absolute Gasteiger partial charge is 0.256 e. The van der Waals surface area contributed by atoms with Gasteiger partial charge >= 0.3 is 0 Å². The van der Waals surface area contributed by atoms with Crippen molar-refractivity contribution in [3.8, 4) is 0 Å². The first kappa shape index (κ1) is 16.3. The van der Waals surface area contributed by atoms with Gasteiger partial charge in [-0.1, -0.05) is 35.3 Å². The highest BCUT2D eigenvalue weighted by Crippen LogP contribution is 2.24. The van der Waals surface area contributed by atoms with Gasteiger partial charge in [-0.2, -0.15) is 0 Å². The van der Waals surface area contributed by atoms with E-state index in [-0.39, 0.29) is 16.6 Å². The summed E-state index contributed by atoms with van der Waals surface area (Å²) in [7, 11) is 1.59. The molecule has 0 aliphatic heterocycles. The minimum Gasteiger partial charge on any atom is -0.337 e. The molecular formula is C15H11BrCl2FNO. The topological polar surface area (TPSA) is 20.3 Å². The lowest BCUT2D eigenvalue weighted by atomic mass is 10.1. The molecule has 0 saturated heterocycles. The molecule has 0 atom stereocenters. The van der Waals surface area contributed by atoms with Crippen LogP contribution in [0.3, 0.4) is 0 Å². The van der Waals surface area contributed by atoms with Gasteiger partial charge in [0.25, 0.3) is 5.91 Å². The number of rotatable bonds is 3. The van der Waals surface area contributed by atoms with Crippen LogP contribution in [0.4, 0.5) is 4.39 Å². The Kier molecular flexibility index (Phi) is 5.25. The van der Waals surface area contributed by atoms with Gasteiger partial charge in [-0.15, -0.1) is 0 Å². The Bertz CT molecular complexity index is 693. The second-order valence-electron chi connectivity index (χ2n) is 4.50. The summed E-state index contributed by atoms with van der Waals surface area (Å²) in [4.78, 5) is 13.7. The highest BCUT2D eigenvalue weighted by atomic mass is 79.9. The fourth-order valence-electron chi connectivity index (χ4n) is 1.85. The van der Waals surface area contributed by atoms with Crippen LogP contribution in [0.2, 0.25) is 10.0 Å². The number of amides is 1. The van der Waals surface area contributed by atoms with Crippen molar-refractivity contribution in [2.24, 2.45) is 0 Å². The summed E-state index contributed by atoms with van der Waals surface area (Å²) in [6, 6.07) is 9.65. The molecule has 2 aromatic carbocycles. The second-order valence-corrected chi connectivity index (χ2v) is 6.20. The van der Waals surface area contributed by atoms with Gasteiger partial charge in [-0.25, -0.2) is 4.39 Å². The van der Waals surface area contributed by atoms with Gasteiger partial charge in [-0.3, -0.25) is 4.79 Å². The quantitative estimate of drug-likeness (QED) is 0.708. The maximum absolute atomic E-state index is 13.9. The zero-order valence-electron chi connectivity index (χ0n) is 11.0. The van der Waals surface area contributed by atoms with Gasteiger partial charge in [0, 0.05) is 23.6 Å². The molecule has 0 fully saturated rings. The van der Waals surface area contributed by atoms with E-state index in [9.17, 15) is 9.18 Å². The molecule has 0 spiro atoms. The first-order valence-corrected chi connectivity index (χ1v) is 7.58. The molecular weight excluding hydrogens is 380 g/mol. The van der Waals surface area contributed by atoms with E-state index >= 15 is 0 Å². The Balaban J connectivity index is 2.21. The summed E-state index contributed by atoms with van der Waals surface area (Å²) < 4.78 is 14.2. The predicted octanol–water partition coefficient (Wildman–Crippen LogP) is 5.17. The predicted molar refractivity (Wildman–Crippen MR) is 86.4 cm³/mol. The molecule has 0 bridgehead atoms. The van der Waals surface area contributed by atoms with Gasteiger partial charge in [0.15, 0.2) is 0 Å². The number of carbonyl (C=O) groups excluding carboxylic acids is 1. The Hall–Kier alpha value is -1.10. The van der Waals surface area contributed by atoms with Crippen molar-refractivity contribution >= 4 is 45.0 Å². The summed E-state index contributed by atoms with van der Waals surface area (Å²) >= 11 is 15.0. The fourth-order valence-corrected chi connectivity index (χ4v) is 2.69. The van der Waals surface area contributed by atoms with Crippen molar-refractivity contribution < 1.29 is 9.18 Å². The van der Waals surface area contributed by atoms with E-state index < -0.39 is 11.7 Å². The largest absolute Gasteiger partial charge is 0.337 e. The molecule has 0 saturated carbocycles. The standard InChI is InChI=1S/C15H11BrCl2FNO/c1-20(8-9-5-6-10(17)7-13(9)18)15(21)11-3-2-4-12(16)14(11)19/h2-7H,8H2,1H3. The molecule has 0 aliphatic carbocycles. The lowest BCUT2D eigenvalue weighted by molar-refractivity contribution is 0.0780. The summed E-state index contributed by atoms with van der Waals surface area (Å²) in [5.74, 6) is -0.989. The van der Waals surface area contributed by atoms with E-state index in [1.807, 2.05) is 0 Å². The summed E-state index contributed by atoms with van der Waals surface area (Å²) in [5.41, 5.74) is 0.754. The molecule has 0 N–H and O–H groups in total. The third kappa shape index (κ3) is 3.76. The number of benzene rings is 2. The van der Waals surface area contributed by atoms with Crippen molar-refractivity contribution in [3.05, 3.63) is 67.9 Å². The Morgan fingerprint density at radius 2 is 2.00 bits per heavy atom. The van der Waals surface area contributed by atoms with Crippen molar-refractivity contribution in [3.63, 3.8) is 0 Å². The molecule has 2 rings (SSSR count). The van der Waals surface area contributed by atoms with Gasteiger partial charge in [0.2, 0.25) is 0 Å². The average molecular weight is 391 g/mol. The maximum Gasteiger partial charge on any atom is 0.256 e. The zero-order valence-corrected chi connectivity index (χ0v) is 14.1. The third-order valence-electron chi connectivity index (χ3n) is 2.95. The van der Waals surface area contributed by atoms with Crippen LogP contribution in [0.25, 0.3) is 0 Å². The molecule has 21 heavy (non-hydrogen) atoms. The first-order chi connectivity index (χ1) is 9.90. The zero-order chi connectivity index (χ0) is 15.6. The van der Waals surface area contributed by atoms with Gasteiger partial charge in [-0.05, 0) is 45.8 Å². The first-order valence-electron chi connectivity index (χ1n) is 6.03. The van der Waals surface area contributed by atoms with Crippen LogP contribution in [0, 0.1) is 5.82 Å². The number of hydrogen-bond donors (Lipinski definition) is 0. The number of hydrogen-bond acceptors (Lipinski definition) is 1. The normalized spacial score (nSPS) is 10.5. The van der Waals surface area contributed by atoms with Crippen molar-refractivity contribution in [2.75, 3.05) is 7.05 Å². The summed E-state index contributed by atoms with van der Waals surface area (Å²) in [6.45, 7) is 0.265. The average Bonchev–Trinajstić information content (AvgIpc) is 2.44. The minimum atomic E-state index is -0.573. The van der Waals surface area contributed by atoms with Crippen LogP contribution in [0.15, 0.2) is 40.9 Å². The Morgan fingerprint density at radius 1 is 1.29 bits per heavy atom. The van der Waals surface area contributed by atoms with Gasteiger partial charge in [0.1, 0.15) is 5.82 Å². The van der Waals surface area contributed by atoms with Crippen LogP contribution < -0.4 is 0 Å². The second kappa shape index (κ2) is 6.77. The highest BCUT2D eigenvalue weighted by molar-refractivity contribution is 9.10. The fraction of sp³-hybridized carbons (Fsp3) is 0.133. The SMILES string of the molecule is CN(Cc1ccc(Cl)cc1Cl)C(=O)c1cccc(Br)c1F. The Morgan fingerprint density at radius 3 is 2.67 bits per heavy atom. The third-order valence-corrected chi connectivity index (χ3v) is 4.15. The monoisotopic (exact) mass is 389 g/mol. The number of halogens is 4. The van der Waals surface area contributed by atoms with E-state index in [2.05, 4.69) is 15.9 Å². The van der Waals surface area contributed by atoms with Crippen LogP contribution in [0.5, 0.6) is 0 Å². The summed E-state index contributed by atoms with van der Waals surface area (Å²) in [5, 5.41) is 0.993. The molecule has 2 aromatic rings. The molecule has 0 heterocycles. The molecule has 0 aliphatic rings. The van der Waals surface area contributed by atoms with E-state index in [4.69, 9.17) is 23.2 Å². The van der Waals surface area contributed by atoms with E-state index in [0.717, 1.165) is 5.56 Å². The van der Waals surface area contributed by atoms with Gasteiger partial charge in [0.05, 0.1) is 10.0 Å². The highest BCUT2D eigenvalue weighted by Gasteiger charge is 2.18. The van der Waals surface area contributed by atoms with Crippen LogP contribution in [-0.2, 0) is 6.54 Å². The van der Waals surface area contributed by atoms with Crippen LogP contribution in [-0.4, -0.2) is 17.9 Å². The molecule has 2 nitrogen and oxygen atoms in total. The van der Waals surface area contributed by atoms with Gasteiger partial charge < -0.3 is 4.90 Å². The van der Waals surface area contributed by atoms with Crippen molar-refractivity contribution in [1.82, 2.24) is 4.90 Å². The van der Waals surface area contributed by atoms with E-state index in [1.165, 1.54) is 11.0 Å². The summed E-state index contributed by atoms with van der Waals surface area (Å²) in [6.07, 6.45) is 0. The maximum atomic E-state index is 13.9. The van der Waals surface area contributed by atoms with E-state index in [1.54, 1.807) is 37.4 Å². The molecule has 6 heteroatoms. The van der Waals surface area contributed by atoms with Crippen molar-refractivity contribution in [1.29, 1.82) is 0 Å². The lowest BCUT2D eigenvalue weighted by Crippen LogP contribution is -2.27.